The molecule has 0 radical (unpaired) electrons. The Labute approximate surface area is 133 Å². The first-order valence-electron chi connectivity index (χ1n) is 7.52. The topological polar surface area (TPSA) is 89.1 Å². The van der Waals surface area contributed by atoms with Crippen molar-refractivity contribution >= 4 is 11.0 Å². The van der Waals surface area contributed by atoms with Gasteiger partial charge in [-0.05, 0) is 37.5 Å². The summed E-state index contributed by atoms with van der Waals surface area (Å²) in [7, 11) is 0. The van der Waals surface area contributed by atoms with Crippen molar-refractivity contribution in [2.45, 2.75) is 26.2 Å². The lowest BCUT2D eigenvalue weighted by molar-refractivity contribution is 0.253. The second kappa shape index (κ2) is 8.24. The van der Waals surface area contributed by atoms with Crippen LogP contribution in [0.15, 0.2) is 39.7 Å². The third-order valence-corrected chi connectivity index (χ3v) is 3.15. The predicted molar refractivity (Wildman–Crippen MR) is 86.0 cm³/mol. The number of benzene rings is 1. The summed E-state index contributed by atoms with van der Waals surface area (Å²) >= 11 is 0. The molecule has 1 heterocycles. The summed E-state index contributed by atoms with van der Waals surface area (Å²) in [6.45, 7) is 2.50. The molecular formula is C17H20O6. The second-order valence-corrected chi connectivity index (χ2v) is 4.90. The maximum Gasteiger partial charge on any atom is 0.383 e. The van der Waals surface area contributed by atoms with E-state index in [4.69, 9.17) is 19.0 Å². The smallest absolute Gasteiger partial charge is 0.383 e. The largest absolute Gasteiger partial charge is 0.504 e. The van der Waals surface area contributed by atoms with E-state index in [0.29, 0.717) is 24.2 Å². The maximum atomic E-state index is 11.9. The van der Waals surface area contributed by atoms with Gasteiger partial charge in [0.05, 0.1) is 18.3 Å². The Kier molecular flexibility index (Phi) is 6.05. The van der Waals surface area contributed by atoms with Crippen molar-refractivity contribution < 1.29 is 24.1 Å². The molecule has 0 bridgehead atoms. The molecule has 0 saturated heterocycles. The van der Waals surface area contributed by atoms with Gasteiger partial charge in [0.15, 0.2) is 5.75 Å². The monoisotopic (exact) mass is 320 g/mol. The fourth-order valence-electron chi connectivity index (χ4n) is 1.96. The molecule has 124 valence electrons. The Bertz CT molecular complexity index is 732. The van der Waals surface area contributed by atoms with Crippen molar-refractivity contribution in [3.05, 3.63) is 41.0 Å². The molecule has 0 aliphatic rings. The van der Waals surface area contributed by atoms with Crippen LogP contribution in [0.4, 0.5) is 0 Å². The number of hydrogen-bond acceptors (Lipinski definition) is 6. The van der Waals surface area contributed by atoms with Crippen molar-refractivity contribution in [3.63, 3.8) is 0 Å². The molecular weight excluding hydrogens is 300 g/mol. The maximum absolute atomic E-state index is 11.9. The molecule has 23 heavy (non-hydrogen) atoms. The van der Waals surface area contributed by atoms with Crippen molar-refractivity contribution in [3.8, 4) is 17.2 Å². The van der Waals surface area contributed by atoms with Crippen molar-refractivity contribution in [1.29, 1.82) is 0 Å². The standard InChI is InChI=1S/C17H20O6/c1-2-3-9-22-16-15(19)13-7-6-12(21-10-5-4-8-18)11-14(13)23-17(16)20/h3,6-7,9,11,18-19H,2,4-5,8,10H2,1H3/b9-3+. The second-order valence-electron chi connectivity index (χ2n) is 4.90. The van der Waals surface area contributed by atoms with E-state index in [1.165, 1.54) is 6.26 Å². The van der Waals surface area contributed by atoms with Crippen LogP contribution in [0.2, 0.25) is 0 Å². The summed E-state index contributed by atoms with van der Waals surface area (Å²) < 4.78 is 15.8. The summed E-state index contributed by atoms with van der Waals surface area (Å²) in [5.41, 5.74) is -0.535. The molecule has 0 saturated carbocycles. The van der Waals surface area contributed by atoms with Gasteiger partial charge in [0, 0.05) is 12.7 Å². The van der Waals surface area contributed by atoms with E-state index in [2.05, 4.69) is 0 Å². The molecule has 0 aliphatic carbocycles. The minimum atomic E-state index is -0.756. The number of aliphatic hydroxyl groups excluding tert-OH is 1. The molecule has 2 N–H and O–H groups in total. The van der Waals surface area contributed by atoms with E-state index in [0.717, 1.165) is 12.8 Å². The van der Waals surface area contributed by atoms with Crippen LogP contribution in [0, 0.1) is 0 Å². The summed E-state index contributed by atoms with van der Waals surface area (Å²) in [5.74, 6) is 0.0279. The Morgan fingerprint density at radius 2 is 2.13 bits per heavy atom. The minimum Gasteiger partial charge on any atom is -0.504 e. The van der Waals surface area contributed by atoms with Gasteiger partial charge in [-0.25, -0.2) is 4.79 Å². The van der Waals surface area contributed by atoms with Gasteiger partial charge in [-0.15, -0.1) is 0 Å². The van der Waals surface area contributed by atoms with Crippen LogP contribution in [0.3, 0.4) is 0 Å². The highest BCUT2D eigenvalue weighted by atomic mass is 16.5. The van der Waals surface area contributed by atoms with Gasteiger partial charge < -0.3 is 24.1 Å². The zero-order valence-electron chi connectivity index (χ0n) is 12.9. The Morgan fingerprint density at radius 1 is 1.30 bits per heavy atom. The molecule has 6 heteroatoms. The molecule has 0 fully saturated rings. The van der Waals surface area contributed by atoms with E-state index >= 15 is 0 Å². The molecule has 2 rings (SSSR count). The van der Waals surface area contributed by atoms with Crippen LogP contribution >= 0.6 is 0 Å². The normalized spacial score (nSPS) is 11.2. The lowest BCUT2D eigenvalue weighted by atomic mass is 10.2. The highest BCUT2D eigenvalue weighted by Crippen LogP contribution is 2.33. The quantitative estimate of drug-likeness (QED) is 0.441. The van der Waals surface area contributed by atoms with E-state index < -0.39 is 5.63 Å². The Balaban J connectivity index is 2.25. The van der Waals surface area contributed by atoms with Gasteiger partial charge in [0.2, 0.25) is 0 Å². The fourth-order valence-corrected chi connectivity index (χ4v) is 1.96. The van der Waals surface area contributed by atoms with Gasteiger partial charge in [0.25, 0.3) is 5.75 Å². The number of fused-ring (bicyclic) bond motifs is 1. The van der Waals surface area contributed by atoms with Crippen LogP contribution in [0.1, 0.15) is 26.2 Å². The Hall–Kier alpha value is -2.47. The lowest BCUT2D eigenvalue weighted by Gasteiger charge is -2.08. The summed E-state index contributed by atoms with van der Waals surface area (Å²) in [6.07, 6.45) is 5.19. The fraction of sp³-hybridized carbons (Fsp3) is 0.353. The molecule has 2 aromatic rings. The molecule has 0 spiro atoms. The Morgan fingerprint density at radius 3 is 2.87 bits per heavy atom. The number of aromatic hydroxyl groups is 1. The summed E-state index contributed by atoms with van der Waals surface area (Å²) in [6, 6.07) is 4.82. The van der Waals surface area contributed by atoms with Gasteiger partial charge in [0.1, 0.15) is 11.3 Å². The molecule has 6 nitrogen and oxygen atoms in total. The third kappa shape index (κ3) is 4.26. The number of ether oxygens (including phenoxy) is 2. The first-order valence-corrected chi connectivity index (χ1v) is 7.52. The molecule has 0 aliphatic heterocycles. The average Bonchev–Trinajstić information content (AvgIpc) is 2.54. The van der Waals surface area contributed by atoms with Gasteiger partial charge >= 0.3 is 5.63 Å². The predicted octanol–water partition coefficient (Wildman–Crippen LogP) is 2.95. The number of allylic oxidation sites excluding steroid dienone is 1. The van der Waals surface area contributed by atoms with E-state index in [1.54, 1.807) is 24.3 Å². The third-order valence-electron chi connectivity index (χ3n) is 3.15. The molecule has 1 aromatic heterocycles. The zero-order chi connectivity index (χ0) is 16.7. The molecule has 1 aromatic carbocycles. The van der Waals surface area contributed by atoms with E-state index in [-0.39, 0.29) is 23.7 Å². The lowest BCUT2D eigenvalue weighted by Crippen LogP contribution is -2.04. The van der Waals surface area contributed by atoms with Crippen LogP contribution in [0.25, 0.3) is 11.0 Å². The van der Waals surface area contributed by atoms with Crippen molar-refractivity contribution in [2.75, 3.05) is 13.2 Å². The SMILES string of the molecule is CC/C=C/Oc1c(O)c2ccc(OCCCCO)cc2oc1=O. The summed E-state index contributed by atoms with van der Waals surface area (Å²) in [5, 5.41) is 19.3. The van der Waals surface area contributed by atoms with Gasteiger partial charge in [-0.3, -0.25) is 0 Å². The first-order chi connectivity index (χ1) is 11.2. The van der Waals surface area contributed by atoms with Crippen LogP contribution in [0.5, 0.6) is 17.2 Å². The highest BCUT2D eigenvalue weighted by molar-refractivity contribution is 5.86. The number of unbranched alkanes of at least 4 members (excludes halogenated alkanes) is 1. The number of rotatable bonds is 8. The zero-order valence-corrected chi connectivity index (χ0v) is 12.9. The van der Waals surface area contributed by atoms with Crippen LogP contribution in [-0.4, -0.2) is 23.4 Å². The van der Waals surface area contributed by atoms with E-state index in [9.17, 15) is 9.90 Å². The number of aliphatic hydroxyl groups is 1. The van der Waals surface area contributed by atoms with Crippen molar-refractivity contribution in [2.24, 2.45) is 0 Å². The summed E-state index contributed by atoms with van der Waals surface area (Å²) in [4.78, 5) is 11.9. The molecule has 0 amide bonds. The first kappa shape index (κ1) is 16.9. The van der Waals surface area contributed by atoms with Crippen molar-refractivity contribution in [1.82, 2.24) is 0 Å². The van der Waals surface area contributed by atoms with Crippen LogP contribution in [-0.2, 0) is 0 Å². The highest BCUT2D eigenvalue weighted by Gasteiger charge is 2.15. The van der Waals surface area contributed by atoms with Crippen LogP contribution < -0.4 is 15.1 Å². The minimum absolute atomic E-state index is 0.124. The van der Waals surface area contributed by atoms with E-state index in [1.807, 2.05) is 6.92 Å². The molecule has 0 atom stereocenters. The number of hydrogen-bond donors (Lipinski definition) is 2. The molecule has 0 unspecified atom stereocenters. The van der Waals surface area contributed by atoms with Gasteiger partial charge in [-0.2, -0.15) is 0 Å². The average molecular weight is 320 g/mol. The van der Waals surface area contributed by atoms with Gasteiger partial charge in [-0.1, -0.05) is 6.92 Å².